The van der Waals surface area contributed by atoms with Gasteiger partial charge < -0.3 is 29.2 Å². The van der Waals surface area contributed by atoms with Crippen LogP contribution in [-0.4, -0.2) is 47.6 Å². The lowest BCUT2D eigenvalue weighted by Gasteiger charge is -2.31. The third-order valence-electron chi connectivity index (χ3n) is 7.11. The van der Waals surface area contributed by atoms with E-state index >= 15 is 0 Å². The van der Waals surface area contributed by atoms with Crippen LogP contribution < -0.4 is 19.9 Å². The Labute approximate surface area is 228 Å². The molecule has 2 aromatic carbocycles. The first-order chi connectivity index (χ1) is 18.7. The summed E-state index contributed by atoms with van der Waals surface area (Å²) in [4.78, 5) is 9.28. The van der Waals surface area contributed by atoms with Gasteiger partial charge in [-0.3, -0.25) is 4.98 Å². The Balaban J connectivity index is 1.39. The lowest BCUT2D eigenvalue weighted by Crippen LogP contribution is -2.36. The van der Waals surface area contributed by atoms with Gasteiger partial charge in [0, 0.05) is 48.2 Å². The van der Waals surface area contributed by atoms with E-state index in [-0.39, 0.29) is 12.1 Å². The standard InChI is InChI=1S/C30H31N5O2S/c1-2-37-25-14-12-23(13-15-25)34-17-5-7-27(34)29-28(26-6-3-4-16-31-26)32-30(38)35(29)24-10-8-22(9-11-24)33-18-20-36-21-19-33/h3-17,28-29H,2,18-21H2,1H3,(H,32,38)/t28-,29+/m1/s1. The summed E-state index contributed by atoms with van der Waals surface area (Å²) in [7, 11) is 0. The summed E-state index contributed by atoms with van der Waals surface area (Å²) in [6.07, 6.45) is 3.93. The first-order valence-corrected chi connectivity index (χ1v) is 13.5. The molecule has 4 aromatic rings. The molecule has 1 N–H and O–H groups in total. The highest BCUT2D eigenvalue weighted by molar-refractivity contribution is 7.80. The Morgan fingerprint density at radius 3 is 2.37 bits per heavy atom. The van der Waals surface area contributed by atoms with Crippen LogP contribution >= 0.6 is 12.2 Å². The van der Waals surface area contributed by atoms with E-state index in [2.05, 4.69) is 80.5 Å². The molecule has 0 saturated carbocycles. The van der Waals surface area contributed by atoms with Crippen LogP contribution in [0.1, 0.15) is 30.4 Å². The molecule has 194 valence electrons. The van der Waals surface area contributed by atoms with Crippen LogP contribution in [0.15, 0.2) is 91.3 Å². The van der Waals surface area contributed by atoms with Crippen LogP contribution in [0.5, 0.6) is 5.75 Å². The molecule has 0 spiro atoms. The number of hydrogen-bond donors (Lipinski definition) is 1. The van der Waals surface area contributed by atoms with Gasteiger partial charge in [0.25, 0.3) is 0 Å². The van der Waals surface area contributed by atoms with Gasteiger partial charge in [0.15, 0.2) is 5.11 Å². The molecule has 0 radical (unpaired) electrons. The summed E-state index contributed by atoms with van der Waals surface area (Å²) in [6, 6.07) is 27.0. The molecule has 2 aromatic heterocycles. The van der Waals surface area contributed by atoms with Crippen molar-refractivity contribution >= 4 is 28.7 Å². The Morgan fingerprint density at radius 2 is 1.66 bits per heavy atom. The van der Waals surface area contributed by atoms with Crippen LogP contribution in [0.3, 0.4) is 0 Å². The maximum absolute atomic E-state index is 5.95. The Bertz CT molecular complexity index is 1370. The average Bonchev–Trinajstić information content (AvgIpc) is 3.59. The summed E-state index contributed by atoms with van der Waals surface area (Å²) in [6.45, 7) is 5.97. The molecule has 38 heavy (non-hydrogen) atoms. The topological polar surface area (TPSA) is 54.8 Å². The molecule has 0 amide bonds. The highest BCUT2D eigenvalue weighted by Gasteiger charge is 2.42. The summed E-state index contributed by atoms with van der Waals surface area (Å²) in [5.74, 6) is 0.863. The van der Waals surface area contributed by atoms with E-state index < -0.39 is 0 Å². The molecule has 2 aliphatic heterocycles. The summed E-state index contributed by atoms with van der Waals surface area (Å²) < 4.78 is 13.4. The minimum atomic E-state index is -0.112. The van der Waals surface area contributed by atoms with Crippen LogP contribution in [0.2, 0.25) is 0 Å². The lowest BCUT2D eigenvalue weighted by atomic mass is 10.0. The molecule has 2 atom stereocenters. The van der Waals surface area contributed by atoms with Crippen molar-refractivity contribution in [2.24, 2.45) is 0 Å². The van der Waals surface area contributed by atoms with E-state index in [0.29, 0.717) is 11.7 Å². The number of thiocarbonyl (C=S) groups is 1. The third-order valence-corrected chi connectivity index (χ3v) is 7.43. The van der Waals surface area contributed by atoms with Gasteiger partial charge in [-0.15, -0.1) is 0 Å². The first-order valence-electron chi connectivity index (χ1n) is 13.1. The van der Waals surface area contributed by atoms with Crippen molar-refractivity contribution in [2.45, 2.75) is 19.0 Å². The molecule has 2 aliphatic rings. The fourth-order valence-corrected chi connectivity index (χ4v) is 5.66. The van der Waals surface area contributed by atoms with Gasteiger partial charge in [-0.05, 0) is 91.9 Å². The highest BCUT2D eigenvalue weighted by Crippen LogP contribution is 2.42. The van der Waals surface area contributed by atoms with Gasteiger partial charge in [-0.1, -0.05) is 6.07 Å². The quantitative estimate of drug-likeness (QED) is 0.329. The first kappa shape index (κ1) is 24.5. The molecular weight excluding hydrogens is 494 g/mol. The van der Waals surface area contributed by atoms with Gasteiger partial charge in [0.05, 0.1) is 31.6 Å². The van der Waals surface area contributed by atoms with Gasteiger partial charge in [0.2, 0.25) is 0 Å². The second-order valence-electron chi connectivity index (χ2n) is 9.34. The summed E-state index contributed by atoms with van der Waals surface area (Å²) in [5.41, 5.74) is 5.38. The minimum Gasteiger partial charge on any atom is -0.494 e. The summed E-state index contributed by atoms with van der Waals surface area (Å²) in [5, 5.41) is 4.26. The molecule has 2 fully saturated rings. The summed E-state index contributed by atoms with van der Waals surface area (Å²) >= 11 is 5.95. The number of anilines is 2. The maximum Gasteiger partial charge on any atom is 0.174 e. The molecular formula is C30H31N5O2S. The van der Waals surface area contributed by atoms with Crippen LogP contribution in [-0.2, 0) is 4.74 Å². The largest absolute Gasteiger partial charge is 0.494 e. The zero-order valence-corrected chi connectivity index (χ0v) is 22.2. The zero-order valence-electron chi connectivity index (χ0n) is 21.4. The fourth-order valence-electron chi connectivity index (χ4n) is 5.32. The molecule has 0 bridgehead atoms. The number of hydrogen-bond acceptors (Lipinski definition) is 5. The molecule has 0 aliphatic carbocycles. The van der Waals surface area contributed by atoms with E-state index in [1.807, 2.05) is 37.4 Å². The third kappa shape index (κ3) is 4.73. The van der Waals surface area contributed by atoms with Gasteiger partial charge >= 0.3 is 0 Å². The molecule has 4 heterocycles. The van der Waals surface area contributed by atoms with Crippen molar-refractivity contribution in [1.29, 1.82) is 0 Å². The van der Waals surface area contributed by atoms with E-state index in [4.69, 9.17) is 26.7 Å². The van der Waals surface area contributed by atoms with Gasteiger partial charge in [-0.2, -0.15) is 0 Å². The van der Waals surface area contributed by atoms with E-state index in [1.165, 1.54) is 5.69 Å². The Morgan fingerprint density at radius 1 is 0.921 bits per heavy atom. The fraction of sp³-hybridized carbons (Fsp3) is 0.267. The van der Waals surface area contributed by atoms with Crippen molar-refractivity contribution < 1.29 is 9.47 Å². The molecule has 0 unspecified atom stereocenters. The zero-order chi connectivity index (χ0) is 25.9. The predicted octanol–water partition coefficient (Wildman–Crippen LogP) is 5.28. The van der Waals surface area contributed by atoms with E-state index in [1.54, 1.807) is 0 Å². The number of pyridine rings is 1. The number of benzene rings is 2. The monoisotopic (exact) mass is 525 g/mol. The van der Waals surface area contributed by atoms with Crippen LogP contribution in [0.25, 0.3) is 5.69 Å². The number of nitrogens with one attached hydrogen (secondary N) is 1. The van der Waals surface area contributed by atoms with Crippen molar-refractivity contribution in [3.63, 3.8) is 0 Å². The predicted molar refractivity (Wildman–Crippen MR) is 154 cm³/mol. The normalized spacial score (nSPS) is 19.4. The number of aromatic nitrogens is 2. The number of morpholine rings is 1. The van der Waals surface area contributed by atoms with Gasteiger partial charge in [-0.25, -0.2) is 0 Å². The molecule has 6 rings (SSSR count). The second kappa shape index (κ2) is 10.8. The lowest BCUT2D eigenvalue weighted by molar-refractivity contribution is 0.122. The van der Waals surface area contributed by atoms with Crippen molar-refractivity contribution in [3.8, 4) is 11.4 Å². The van der Waals surface area contributed by atoms with Gasteiger partial charge in [0.1, 0.15) is 11.8 Å². The Hall–Kier alpha value is -3.88. The van der Waals surface area contributed by atoms with Crippen molar-refractivity contribution in [3.05, 3.63) is 103 Å². The smallest absolute Gasteiger partial charge is 0.174 e. The average molecular weight is 526 g/mol. The molecule has 8 heteroatoms. The van der Waals surface area contributed by atoms with Crippen molar-refractivity contribution in [1.82, 2.24) is 14.9 Å². The van der Waals surface area contributed by atoms with Crippen molar-refractivity contribution in [2.75, 3.05) is 42.7 Å². The minimum absolute atomic E-state index is 0.104. The Kier molecular flexibility index (Phi) is 6.98. The van der Waals surface area contributed by atoms with E-state index in [0.717, 1.165) is 54.8 Å². The highest BCUT2D eigenvalue weighted by atomic mass is 32.1. The number of ether oxygens (including phenoxy) is 2. The number of rotatable bonds is 7. The number of nitrogens with zero attached hydrogens (tertiary/aromatic N) is 4. The van der Waals surface area contributed by atoms with Crippen LogP contribution in [0.4, 0.5) is 11.4 Å². The SMILES string of the molecule is CCOc1ccc(-n2cccc2[C@H]2[C@@H](c3ccccn3)NC(=S)N2c2ccc(N3CCOCC3)cc2)cc1. The van der Waals surface area contributed by atoms with E-state index in [9.17, 15) is 0 Å². The molecule has 7 nitrogen and oxygen atoms in total. The second-order valence-corrected chi connectivity index (χ2v) is 9.73. The maximum atomic E-state index is 5.95. The molecule has 2 saturated heterocycles. The van der Waals surface area contributed by atoms with Crippen LogP contribution in [0, 0.1) is 0 Å².